The van der Waals surface area contributed by atoms with Crippen molar-refractivity contribution in [1.82, 2.24) is 0 Å². The van der Waals surface area contributed by atoms with Crippen molar-refractivity contribution in [1.29, 1.82) is 0 Å². The van der Waals surface area contributed by atoms with Crippen LogP contribution >= 0.6 is 0 Å². The summed E-state index contributed by atoms with van der Waals surface area (Å²) < 4.78 is 5.19. The summed E-state index contributed by atoms with van der Waals surface area (Å²) in [5, 5.41) is 12.1. The van der Waals surface area contributed by atoms with Crippen molar-refractivity contribution in [2.24, 2.45) is 0 Å². The van der Waals surface area contributed by atoms with Crippen molar-refractivity contribution in [3.05, 3.63) is 53.5 Å². The molecule has 0 radical (unpaired) electrons. The van der Waals surface area contributed by atoms with Gasteiger partial charge in [0.1, 0.15) is 5.76 Å². The number of aromatic carboxylic acids is 1. The van der Waals surface area contributed by atoms with Crippen LogP contribution in [-0.2, 0) is 6.54 Å². The second-order valence-electron chi connectivity index (χ2n) is 3.77. The number of rotatable bonds is 4. The molecular weight excluding hydrogens is 218 g/mol. The molecule has 4 nitrogen and oxygen atoms in total. The lowest BCUT2D eigenvalue weighted by Crippen LogP contribution is -2.02. The first-order valence-electron chi connectivity index (χ1n) is 5.27. The maximum Gasteiger partial charge on any atom is 0.335 e. The Kier molecular flexibility index (Phi) is 3.14. The maximum absolute atomic E-state index is 10.8. The largest absolute Gasteiger partial charge is 0.478 e. The van der Waals surface area contributed by atoms with E-state index in [1.54, 1.807) is 25.3 Å². The SMILES string of the molecule is Cc1cc(NCc2ccco2)ccc1C(=O)O. The molecule has 0 aliphatic rings. The summed E-state index contributed by atoms with van der Waals surface area (Å²) in [6.07, 6.45) is 1.62. The molecule has 4 heteroatoms. The van der Waals surface area contributed by atoms with Gasteiger partial charge in [0.25, 0.3) is 0 Å². The van der Waals surface area contributed by atoms with Crippen molar-refractivity contribution < 1.29 is 14.3 Å². The third-order valence-electron chi connectivity index (χ3n) is 2.50. The minimum Gasteiger partial charge on any atom is -0.478 e. The van der Waals surface area contributed by atoms with Crippen LogP contribution in [0.4, 0.5) is 5.69 Å². The Morgan fingerprint density at radius 2 is 2.24 bits per heavy atom. The summed E-state index contributed by atoms with van der Waals surface area (Å²) in [7, 11) is 0. The second kappa shape index (κ2) is 4.74. The van der Waals surface area contributed by atoms with Crippen molar-refractivity contribution in [3.8, 4) is 0 Å². The Morgan fingerprint density at radius 1 is 1.41 bits per heavy atom. The van der Waals surface area contributed by atoms with Crippen LogP contribution in [0.5, 0.6) is 0 Å². The number of carboxylic acids is 1. The molecule has 2 N–H and O–H groups in total. The molecule has 1 heterocycles. The number of hydrogen-bond donors (Lipinski definition) is 2. The van der Waals surface area contributed by atoms with Crippen LogP contribution in [0.2, 0.25) is 0 Å². The van der Waals surface area contributed by atoms with Gasteiger partial charge in [-0.05, 0) is 42.8 Å². The molecule has 1 aromatic heterocycles. The minimum atomic E-state index is -0.903. The zero-order valence-corrected chi connectivity index (χ0v) is 9.43. The molecule has 2 rings (SSSR count). The van der Waals surface area contributed by atoms with Crippen LogP contribution in [0.25, 0.3) is 0 Å². The summed E-state index contributed by atoms with van der Waals surface area (Å²) >= 11 is 0. The van der Waals surface area contributed by atoms with E-state index < -0.39 is 5.97 Å². The van der Waals surface area contributed by atoms with Gasteiger partial charge in [-0.2, -0.15) is 0 Å². The lowest BCUT2D eigenvalue weighted by atomic mass is 10.1. The predicted octanol–water partition coefficient (Wildman–Crippen LogP) is 2.90. The Hall–Kier alpha value is -2.23. The van der Waals surface area contributed by atoms with Crippen LogP contribution in [0, 0.1) is 6.92 Å². The predicted molar refractivity (Wildman–Crippen MR) is 64.2 cm³/mol. The highest BCUT2D eigenvalue weighted by Crippen LogP contribution is 2.16. The topological polar surface area (TPSA) is 62.5 Å². The number of aryl methyl sites for hydroxylation is 1. The summed E-state index contributed by atoms with van der Waals surface area (Å²) in [6.45, 7) is 2.36. The average molecular weight is 231 g/mol. The van der Waals surface area contributed by atoms with Crippen LogP contribution in [-0.4, -0.2) is 11.1 Å². The molecule has 0 unspecified atom stereocenters. The number of benzene rings is 1. The van der Waals surface area contributed by atoms with E-state index >= 15 is 0 Å². The molecule has 17 heavy (non-hydrogen) atoms. The van der Waals surface area contributed by atoms with Gasteiger partial charge in [-0.3, -0.25) is 0 Å². The quantitative estimate of drug-likeness (QED) is 0.849. The van der Waals surface area contributed by atoms with E-state index in [0.29, 0.717) is 12.1 Å². The fourth-order valence-corrected chi connectivity index (χ4v) is 1.62. The first-order chi connectivity index (χ1) is 8.16. The van der Waals surface area contributed by atoms with Crippen LogP contribution in [0.1, 0.15) is 21.7 Å². The van der Waals surface area contributed by atoms with E-state index in [1.807, 2.05) is 18.2 Å². The van der Waals surface area contributed by atoms with E-state index in [2.05, 4.69) is 5.32 Å². The van der Waals surface area contributed by atoms with Crippen molar-refractivity contribution in [2.75, 3.05) is 5.32 Å². The number of hydrogen-bond acceptors (Lipinski definition) is 3. The van der Waals surface area contributed by atoms with Crippen molar-refractivity contribution in [2.45, 2.75) is 13.5 Å². The molecule has 0 atom stereocenters. The number of carboxylic acid groups (broad SMARTS) is 1. The normalized spacial score (nSPS) is 10.2. The van der Waals surface area contributed by atoms with Gasteiger partial charge in [0.2, 0.25) is 0 Å². The van der Waals surface area contributed by atoms with Gasteiger partial charge < -0.3 is 14.8 Å². The molecule has 88 valence electrons. The van der Waals surface area contributed by atoms with Gasteiger partial charge in [-0.15, -0.1) is 0 Å². The van der Waals surface area contributed by atoms with Gasteiger partial charge in [-0.25, -0.2) is 4.79 Å². The van der Waals surface area contributed by atoms with E-state index in [-0.39, 0.29) is 0 Å². The Morgan fingerprint density at radius 3 is 2.82 bits per heavy atom. The number of nitrogens with one attached hydrogen (secondary N) is 1. The van der Waals surface area contributed by atoms with Gasteiger partial charge >= 0.3 is 5.97 Å². The molecule has 1 aromatic carbocycles. The third kappa shape index (κ3) is 2.66. The average Bonchev–Trinajstić information content (AvgIpc) is 2.78. The summed E-state index contributed by atoms with van der Waals surface area (Å²) in [6, 6.07) is 8.87. The zero-order valence-electron chi connectivity index (χ0n) is 9.43. The van der Waals surface area contributed by atoms with E-state index in [0.717, 1.165) is 17.0 Å². The lowest BCUT2D eigenvalue weighted by molar-refractivity contribution is 0.0696. The maximum atomic E-state index is 10.8. The minimum absolute atomic E-state index is 0.327. The Balaban J connectivity index is 2.07. The van der Waals surface area contributed by atoms with Crippen molar-refractivity contribution in [3.63, 3.8) is 0 Å². The molecule has 0 spiro atoms. The Labute approximate surface area is 98.9 Å². The zero-order chi connectivity index (χ0) is 12.3. The van der Waals surface area contributed by atoms with Crippen LogP contribution in [0.3, 0.4) is 0 Å². The lowest BCUT2D eigenvalue weighted by Gasteiger charge is -2.07. The molecule has 0 saturated carbocycles. The fourth-order valence-electron chi connectivity index (χ4n) is 1.62. The van der Waals surface area contributed by atoms with Crippen LogP contribution < -0.4 is 5.32 Å². The fraction of sp³-hybridized carbons (Fsp3) is 0.154. The molecule has 0 aliphatic carbocycles. The molecule has 2 aromatic rings. The molecular formula is C13H13NO3. The van der Waals surface area contributed by atoms with Gasteiger partial charge in [0, 0.05) is 5.69 Å². The molecule has 0 bridgehead atoms. The standard InChI is InChI=1S/C13H13NO3/c1-9-7-10(4-5-12(9)13(15)16)14-8-11-3-2-6-17-11/h2-7,14H,8H2,1H3,(H,15,16). The van der Waals surface area contributed by atoms with Crippen LogP contribution in [0.15, 0.2) is 41.0 Å². The molecule has 0 fully saturated rings. The van der Waals surface area contributed by atoms with E-state index in [9.17, 15) is 4.79 Å². The third-order valence-corrected chi connectivity index (χ3v) is 2.50. The molecule has 0 saturated heterocycles. The van der Waals surface area contributed by atoms with E-state index in [4.69, 9.17) is 9.52 Å². The second-order valence-corrected chi connectivity index (χ2v) is 3.77. The first kappa shape index (κ1) is 11.3. The first-order valence-corrected chi connectivity index (χ1v) is 5.27. The highest BCUT2D eigenvalue weighted by Gasteiger charge is 2.06. The summed E-state index contributed by atoms with van der Waals surface area (Å²) in [5.41, 5.74) is 1.94. The monoisotopic (exact) mass is 231 g/mol. The summed E-state index contributed by atoms with van der Waals surface area (Å²) in [4.78, 5) is 10.8. The number of anilines is 1. The van der Waals surface area contributed by atoms with Crippen molar-refractivity contribution >= 4 is 11.7 Å². The van der Waals surface area contributed by atoms with E-state index in [1.165, 1.54) is 0 Å². The van der Waals surface area contributed by atoms with Gasteiger partial charge in [0.15, 0.2) is 0 Å². The summed E-state index contributed by atoms with van der Waals surface area (Å²) in [5.74, 6) is -0.0648. The Bertz CT molecular complexity index is 517. The highest BCUT2D eigenvalue weighted by molar-refractivity contribution is 5.89. The molecule has 0 aliphatic heterocycles. The van der Waals surface area contributed by atoms with Gasteiger partial charge in [-0.1, -0.05) is 0 Å². The number of furan rings is 1. The van der Waals surface area contributed by atoms with Gasteiger partial charge in [0.05, 0.1) is 18.4 Å². The highest BCUT2D eigenvalue weighted by atomic mass is 16.4. The molecule has 0 amide bonds. The number of carbonyl (C=O) groups is 1. The smallest absolute Gasteiger partial charge is 0.335 e.